The molecule has 0 saturated heterocycles. The largest absolute Gasteiger partial charge is 0.122 e. The monoisotopic (exact) mass is 100 g/mol. The van der Waals surface area contributed by atoms with Gasteiger partial charge in [-0.05, 0) is 5.57 Å². The van der Waals surface area contributed by atoms with E-state index in [0.717, 1.165) is 0 Å². The van der Waals surface area contributed by atoms with Crippen LogP contribution in [0.25, 0.3) is 0 Å². The minimum absolute atomic E-state index is 0.663. The molecule has 0 aromatic heterocycles. The van der Waals surface area contributed by atoms with Crippen LogP contribution in [0, 0.1) is 0 Å². The Morgan fingerprint density at radius 2 is 2.33 bits per heavy atom. The van der Waals surface area contributed by atoms with E-state index in [9.17, 15) is 0 Å². The van der Waals surface area contributed by atoms with Gasteiger partial charge in [0.15, 0.2) is 0 Å². The Hall–Kier alpha value is -0.230. The molecule has 0 bridgehead atoms. The molecule has 0 aromatic carbocycles. The number of hydrogen-bond donors (Lipinski definition) is 0. The van der Waals surface area contributed by atoms with Crippen molar-refractivity contribution in [2.24, 2.45) is 0 Å². The molecule has 0 radical (unpaired) electrons. The van der Waals surface area contributed by atoms with Gasteiger partial charge in [0.1, 0.15) is 0 Å². The average molecular weight is 101 g/mol. The topological polar surface area (TPSA) is 0 Å². The van der Waals surface area contributed by atoms with Crippen LogP contribution in [-0.4, -0.2) is 5.88 Å². The van der Waals surface area contributed by atoms with Crippen molar-refractivity contribution in [1.29, 1.82) is 0 Å². The molecular weight excluding hydrogens is 95.5 g/mol. The van der Waals surface area contributed by atoms with Crippen molar-refractivity contribution in [2.45, 2.75) is 0 Å². The molecule has 0 atom stereocenters. The molecule has 0 aliphatic heterocycles. The molecule has 0 unspecified atom stereocenters. The Bertz CT molecular complexity index is 101. The summed E-state index contributed by atoms with van der Waals surface area (Å²) in [6.07, 6.45) is 6.00. The Morgan fingerprint density at radius 1 is 1.67 bits per heavy atom. The summed E-state index contributed by atoms with van der Waals surface area (Å²) in [5.74, 6) is 0.663. The molecule has 1 rings (SSSR count). The van der Waals surface area contributed by atoms with Gasteiger partial charge >= 0.3 is 0 Å². The van der Waals surface area contributed by atoms with Crippen molar-refractivity contribution in [3.63, 3.8) is 0 Å². The van der Waals surface area contributed by atoms with E-state index in [0.29, 0.717) is 5.88 Å². The van der Waals surface area contributed by atoms with Gasteiger partial charge in [0.2, 0.25) is 0 Å². The highest BCUT2D eigenvalue weighted by atomic mass is 35.5. The second-order valence-electron chi connectivity index (χ2n) is 1.23. The molecule has 0 aromatic rings. The van der Waals surface area contributed by atoms with Crippen LogP contribution in [0.1, 0.15) is 0 Å². The summed E-state index contributed by atoms with van der Waals surface area (Å²) >= 11 is 5.38. The average Bonchev–Trinajstić information content (AvgIpc) is 1.31. The second-order valence-corrected chi connectivity index (χ2v) is 1.50. The molecule has 1 aliphatic rings. The van der Waals surface area contributed by atoms with Crippen molar-refractivity contribution in [3.8, 4) is 0 Å². The third kappa shape index (κ3) is 0.479. The van der Waals surface area contributed by atoms with Gasteiger partial charge in [-0.3, -0.25) is 0 Å². The van der Waals surface area contributed by atoms with Crippen molar-refractivity contribution in [3.05, 3.63) is 23.8 Å². The van der Waals surface area contributed by atoms with Crippen LogP contribution in [0.15, 0.2) is 23.8 Å². The van der Waals surface area contributed by atoms with E-state index in [4.69, 9.17) is 11.6 Å². The summed E-state index contributed by atoms with van der Waals surface area (Å²) in [4.78, 5) is 0. The molecule has 32 valence electrons. The quantitative estimate of drug-likeness (QED) is 0.440. The van der Waals surface area contributed by atoms with E-state index in [1.807, 2.05) is 18.2 Å². The number of alkyl halides is 1. The summed E-state index contributed by atoms with van der Waals surface area (Å²) in [7, 11) is 0. The lowest BCUT2D eigenvalue weighted by Gasteiger charge is -1.97. The van der Waals surface area contributed by atoms with Crippen LogP contribution in [0.4, 0.5) is 0 Å². The van der Waals surface area contributed by atoms with Gasteiger partial charge in [-0.1, -0.05) is 18.2 Å². The summed E-state index contributed by atoms with van der Waals surface area (Å²) in [5.41, 5.74) is 1.23. The SMILES string of the molecule is ClCC1=CC=C1. The van der Waals surface area contributed by atoms with E-state index in [1.54, 1.807) is 0 Å². The summed E-state index contributed by atoms with van der Waals surface area (Å²) in [5, 5.41) is 0. The molecule has 6 heavy (non-hydrogen) atoms. The van der Waals surface area contributed by atoms with Crippen molar-refractivity contribution >= 4 is 11.6 Å². The highest BCUT2D eigenvalue weighted by molar-refractivity contribution is 6.19. The zero-order chi connectivity index (χ0) is 4.41. The zero-order valence-corrected chi connectivity index (χ0v) is 4.07. The number of hydrogen-bond acceptors (Lipinski definition) is 0. The van der Waals surface area contributed by atoms with Crippen LogP contribution in [0.2, 0.25) is 0 Å². The fraction of sp³-hybridized carbons (Fsp3) is 0.200. The molecule has 0 heterocycles. The van der Waals surface area contributed by atoms with Gasteiger partial charge in [0, 0.05) is 5.88 Å². The van der Waals surface area contributed by atoms with Crippen LogP contribution in [-0.2, 0) is 0 Å². The first kappa shape index (κ1) is 3.94. The summed E-state index contributed by atoms with van der Waals surface area (Å²) in [6, 6.07) is 0. The predicted molar refractivity (Wildman–Crippen MR) is 27.9 cm³/mol. The predicted octanol–water partition coefficient (Wildman–Crippen LogP) is 1.72. The lowest BCUT2D eigenvalue weighted by Crippen LogP contribution is -1.83. The Morgan fingerprint density at radius 3 is 2.33 bits per heavy atom. The van der Waals surface area contributed by atoms with E-state index in [-0.39, 0.29) is 0 Å². The van der Waals surface area contributed by atoms with Crippen molar-refractivity contribution < 1.29 is 0 Å². The highest BCUT2D eigenvalue weighted by Crippen LogP contribution is 2.07. The lowest BCUT2D eigenvalue weighted by molar-refractivity contribution is 1.47. The third-order valence-electron chi connectivity index (χ3n) is 0.775. The smallest absolute Gasteiger partial charge is 0.0474 e. The Kier molecular flexibility index (Phi) is 0.972. The maximum absolute atomic E-state index is 5.38. The highest BCUT2D eigenvalue weighted by Gasteiger charge is 1.90. The molecular formula is C5H5Cl. The molecule has 0 nitrogen and oxygen atoms in total. The first-order valence-electron chi connectivity index (χ1n) is 1.86. The zero-order valence-electron chi connectivity index (χ0n) is 3.32. The summed E-state index contributed by atoms with van der Waals surface area (Å²) < 4.78 is 0. The normalized spacial score (nSPS) is 16.5. The maximum Gasteiger partial charge on any atom is 0.0474 e. The van der Waals surface area contributed by atoms with E-state index >= 15 is 0 Å². The van der Waals surface area contributed by atoms with E-state index in [2.05, 4.69) is 0 Å². The van der Waals surface area contributed by atoms with E-state index in [1.165, 1.54) is 5.57 Å². The Labute approximate surface area is 42.1 Å². The molecule has 1 aliphatic carbocycles. The molecule has 0 amide bonds. The first-order chi connectivity index (χ1) is 2.93. The molecule has 0 spiro atoms. The minimum Gasteiger partial charge on any atom is -0.122 e. The van der Waals surface area contributed by atoms with Crippen LogP contribution in [0.3, 0.4) is 0 Å². The van der Waals surface area contributed by atoms with Crippen LogP contribution in [0.5, 0.6) is 0 Å². The van der Waals surface area contributed by atoms with E-state index < -0.39 is 0 Å². The van der Waals surface area contributed by atoms with Crippen LogP contribution < -0.4 is 0 Å². The molecule has 0 saturated carbocycles. The van der Waals surface area contributed by atoms with Gasteiger partial charge in [-0.25, -0.2) is 0 Å². The molecule has 1 heteroatoms. The lowest BCUT2D eigenvalue weighted by atomic mass is 10.1. The first-order valence-corrected chi connectivity index (χ1v) is 2.40. The fourth-order valence-corrected chi connectivity index (χ4v) is 0.500. The molecule has 0 N–H and O–H groups in total. The second kappa shape index (κ2) is 1.48. The number of rotatable bonds is 1. The van der Waals surface area contributed by atoms with Crippen molar-refractivity contribution in [2.75, 3.05) is 5.88 Å². The number of allylic oxidation sites excluding steroid dienone is 4. The fourth-order valence-electron chi connectivity index (χ4n) is 0.321. The third-order valence-corrected chi connectivity index (χ3v) is 1.08. The van der Waals surface area contributed by atoms with Gasteiger partial charge in [0.25, 0.3) is 0 Å². The van der Waals surface area contributed by atoms with Crippen LogP contribution >= 0.6 is 11.6 Å². The Balaban J connectivity index is 2.37. The molecule has 0 fully saturated rings. The standard InChI is InChI=1S/C5H5Cl/c6-4-5-2-1-3-5/h1-3H,4H2. The van der Waals surface area contributed by atoms with Crippen molar-refractivity contribution in [1.82, 2.24) is 0 Å². The van der Waals surface area contributed by atoms with Gasteiger partial charge < -0.3 is 0 Å². The number of halogens is 1. The summed E-state index contributed by atoms with van der Waals surface area (Å²) in [6.45, 7) is 0. The van der Waals surface area contributed by atoms with Gasteiger partial charge in [-0.2, -0.15) is 0 Å². The van der Waals surface area contributed by atoms with Gasteiger partial charge in [-0.15, -0.1) is 11.6 Å². The maximum atomic E-state index is 5.38. The van der Waals surface area contributed by atoms with Gasteiger partial charge in [0.05, 0.1) is 0 Å². The minimum atomic E-state index is 0.663.